The van der Waals surface area contributed by atoms with Gasteiger partial charge in [-0.1, -0.05) is 24.6 Å². The molecule has 4 heteroatoms. The van der Waals surface area contributed by atoms with Gasteiger partial charge >= 0.3 is 0 Å². The van der Waals surface area contributed by atoms with Crippen molar-refractivity contribution in [3.63, 3.8) is 0 Å². The quantitative estimate of drug-likeness (QED) is 0.852. The zero-order chi connectivity index (χ0) is 15.2. The maximum atomic E-state index is 13.9. The monoisotopic (exact) mass is 306 g/mol. The van der Waals surface area contributed by atoms with Gasteiger partial charge in [-0.3, -0.25) is 4.98 Å². The predicted octanol–water partition coefficient (Wildman–Crippen LogP) is 4.47. The van der Waals surface area contributed by atoms with Gasteiger partial charge in [-0.25, -0.2) is 4.39 Å². The largest absolute Gasteiger partial charge is 0.310 e. The first-order chi connectivity index (χ1) is 10.1. The number of nitrogens with one attached hydrogen (secondary N) is 1. The Bertz CT molecular complexity index is 584. The molecule has 1 aromatic carbocycles. The van der Waals surface area contributed by atoms with E-state index in [0.29, 0.717) is 17.0 Å². The molecule has 2 rings (SSSR count). The minimum absolute atomic E-state index is 0.0333. The molecule has 0 spiro atoms. The average molecular weight is 307 g/mol. The van der Waals surface area contributed by atoms with Gasteiger partial charge in [-0.05, 0) is 61.7 Å². The van der Waals surface area contributed by atoms with Crippen LogP contribution in [0, 0.1) is 12.7 Å². The van der Waals surface area contributed by atoms with E-state index in [-0.39, 0.29) is 11.9 Å². The van der Waals surface area contributed by atoms with E-state index in [2.05, 4.69) is 17.2 Å². The Morgan fingerprint density at radius 3 is 2.76 bits per heavy atom. The maximum absolute atomic E-state index is 13.9. The second-order valence-electron chi connectivity index (χ2n) is 5.18. The molecule has 0 saturated heterocycles. The number of halogens is 2. The molecule has 1 N–H and O–H groups in total. The van der Waals surface area contributed by atoms with Crippen LogP contribution in [0.25, 0.3) is 0 Å². The van der Waals surface area contributed by atoms with Crippen LogP contribution in [0.5, 0.6) is 0 Å². The summed E-state index contributed by atoms with van der Waals surface area (Å²) in [5.74, 6) is -0.220. The number of benzene rings is 1. The third-order valence-corrected chi connectivity index (χ3v) is 3.64. The van der Waals surface area contributed by atoms with Crippen molar-refractivity contribution in [3.05, 3.63) is 64.2 Å². The zero-order valence-electron chi connectivity index (χ0n) is 12.4. The molecule has 0 bridgehead atoms. The summed E-state index contributed by atoms with van der Waals surface area (Å²) in [5.41, 5.74) is 2.66. The second-order valence-corrected chi connectivity index (χ2v) is 5.62. The smallest absolute Gasteiger partial charge is 0.126 e. The maximum Gasteiger partial charge on any atom is 0.126 e. The second kappa shape index (κ2) is 7.53. The molecule has 0 saturated carbocycles. The van der Waals surface area contributed by atoms with Crippen LogP contribution in [0.2, 0.25) is 5.02 Å². The highest BCUT2D eigenvalue weighted by molar-refractivity contribution is 6.30. The number of aromatic nitrogens is 1. The molecule has 0 amide bonds. The van der Waals surface area contributed by atoms with E-state index >= 15 is 0 Å². The fourth-order valence-electron chi connectivity index (χ4n) is 2.23. The fourth-order valence-corrected chi connectivity index (χ4v) is 2.43. The SMILES string of the molecule is CCCNC(Cc1cc(Cl)ccc1F)c1ccc(C)nc1. The Kier molecular flexibility index (Phi) is 5.71. The Balaban J connectivity index is 2.23. The Hall–Kier alpha value is -1.45. The van der Waals surface area contributed by atoms with Crippen LogP contribution in [0.15, 0.2) is 36.5 Å². The first-order valence-electron chi connectivity index (χ1n) is 7.20. The van der Waals surface area contributed by atoms with E-state index in [4.69, 9.17) is 11.6 Å². The van der Waals surface area contributed by atoms with Gasteiger partial charge in [-0.2, -0.15) is 0 Å². The van der Waals surface area contributed by atoms with Gasteiger partial charge in [0.1, 0.15) is 5.82 Å². The molecule has 0 aliphatic heterocycles. The molecule has 0 radical (unpaired) electrons. The van der Waals surface area contributed by atoms with Gasteiger partial charge in [0.2, 0.25) is 0 Å². The van der Waals surface area contributed by atoms with E-state index in [1.165, 1.54) is 6.07 Å². The van der Waals surface area contributed by atoms with Gasteiger partial charge in [-0.15, -0.1) is 0 Å². The summed E-state index contributed by atoms with van der Waals surface area (Å²) in [6.07, 6.45) is 3.43. The van der Waals surface area contributed by atoms with Gasteiger partial charge in [0.25, 0.3) is 0 Å². The van der Waals surface area contributed by atoms with Crippen LogP contribution >= 0.6 is 11.6 Å². The van der Waals surface area contributed by atoms with Crippen molar-refractivity contribution >= 4 is 11.6 Å². The van der Waals surface area contributed by atoms with Crippen LogP contribution in [0.3, 0.4) is 0 Å². The van der Waals surface area contributed by atoms with Gasteiger partial charge in [0, 0.05) is 23.0 Å². The lowest BCUT2D eigenvalue weighted by molar-refractivity contribution is 0.512. The molecule has 21 heavy (non-hydrogen) atoms. The lowest BCUT2D eigenvalue weighted by Crippen LogP contribution is -2.24. The van der Waals surface area contributed by atoms with E-state index < -0.39 is 0 Å². The van der Waals surface area contributed by atoms with Gasteiger partial charge in [0.05, 0.1) is 0 Å². The minimum Gasteiger partial charge on any atom is -0.310 e. The summed E-state index contributed by atoms with van der Waals surface area (Å²) in [7, 11) is 0. The molecule has 1 heterocycles. The Morgan fingerprint density at radius 2 is 2.10 bits per heavy atom. The molecule has 2 aromatic rings. The van der Waals surface area contributed by atoms with Crippen LogP contribution < -0.4 is 5.32 Å². The Labute approximate surface area is 130 Å². The highest BCUT2D eigenvalue weighted by Gasteiger charge is 2.14. The third kappa shape index (κ3) is 4.51. The number of aryl methyl sites for hydroxylation is 1. The first-order valence-corrected chi connectivity index (χ1v) is 7.57. The highest BCUT2D eigenvalue weighted by Crippen LogP contribution is 2.22. The van der Waals surface area contributed by atoms with E-state index in [0.717, 1.165) is 24.2 Å². The van der Waals surface area contributed by atoms with E-state index in [9.17, 15) is 4.39 Å². The van der Waals surface area contributed by atoms with Crippen molar-refractivity contribution in [2.75, 3.05) is 6.54 Å². The molecule has 0 aliphatic carbocycles. The van der Waals surface area contributed by atoms with Crippen molar-refractivity contribution in [1.29, 1.82) is 0 Å². The molecule has 1 unspecified atom stereocenters. The van der Waals surface area contributed by atoms with Gasteiger partial charge in [0.15, 0.2) is 0 Å². The Morgan fingerprint density at radius 1 is 1.29 bits per heavy atom. The summed E-state index contributed by atoms with van der Waals surface area (Å²) >= 11 is 5.97. The molecule has 1 aromatic heterocycles. The lowest BCUT2D eigenvalue weighted by atomic mass is 9.99. The van der Waals surface area contributed by atoms with Crippen molar-refractivity contribution in [3.8, 4) is 0 Å². The normalized spacial score (nSPS) is 12.4. The minimum atomic E-state index is -0.220. The van der Waals surface area contributed by atoms with Crippen LogP contribution in [0.1, 0.15) is 36.2 Å². The zero-order valence-corrected chi connectivity index (χ0v) is 13.1. The standard InChI is InChI=1S/C17H20ClFN2/c1-3-8-20-17(13-5-4-12(2)21-11-13)10-14-9-15(18)6-7-16(14)19/h4-7,9,11,17,20H,3,8,10H2,1-2H3. The summed E-state index contributed by atoms with van der Waals surface area (Å²) in [6.45, 7) is 4.94. The molecule has 1 atom stereocenters. The van der Waals surface area contributed by atoms with Crippen molar-refractivity contribution < 1.29 is 4.39 Å². The summed E-state index contributed by atoms with van der Waals surface area (Å²) < 4.78 is 13.9. The molecule has 0 fully saturated rings. The number of hydrogen-bond acceptors (Lipinski definition) is 2. The fraction of sp³-hybridized carbons (Fsp3) is 0.353. The number of nitrogens with zero attached hydrogens (tertiary/aromatic N) is 1. The molecule has 112 valence electrons. The van der Waals surface area contributed by atoms with Crippen LogP contribution in [0.4, 0.5) is 4.39 Å². The average Bonchev–Trinajstić information content (AvgIpc) is 2.48. The van der Waals surface area contributed by atoms with Crippen LogP contribution in [-0.4, -0.2) is 11.5 Å². The molecular formula is C17H20ClFN2. The van der Waals surface area contributed by atoms with E-state index in [1.807, 2.05) is 25.3 Å². The molecular weight excluding hydrogens is 287 g/mol. The first kappa shape index (κ1) is 15.9. The number of hydrogen-bond donors (Lipinski definition) is 1. The third-order valence-electron chi connectivity index (χ3n) is 3.41. The summed E-state index contributed by atoms with van der Waals surface area (Å²) in [4.78, 5) is 4.33. The summed E-state index contributed by atoms with van der Waals surface area (Å²) in [5, 5.41) is 4.01. The molecule has 0 aliphatic rings. The lowest BCUT2D eigenvalue weighted by Gasteiger charge is -2.19. The molecule has 2 nitrogen and oxygen atoms in total. The van der Waals surface area contributed by atoms with Crippen molar-refractivity contribution in [1.82, 2.24) is 10.3 Å². The van der Waals surface area contributed by atoms with Crippen molar-refractivity contribution in [2.24, 2.45) is 0 Å². The highest BCUT2D eigenvalue weighted by atomic mass is 35.5. The van der Waals surface area contributed by atoms with E-state index in [1.54, 1.807) is 12.1 Å². The van der Waals surface area contributed by atoms with Crippen molar-refractivity contribution in [2.45, 2.75) is 32.7 Å². The number of rotatable bonds is 6. The summed E-state index contributed by atoms with van der Waals surface area (Å²) in [6, 6.07) is 8.73. The topological polar surface area (TPSA) is 24.9 Å². The predicted molar refractivity (Wildman–Crippen MR) is 85.1 cm³/mol. The number of pyridine rings is 1. The van der Waals surface area contributed by atoms with Gasteiger partial charge < -0.3 is 5.32 Å². The van der Waals surface area contributed by atoms with Crippen LogP contribution in [-0.2, 0) is 6.42 Å².